The first-order valence-corrected chi connectivity index (χ1v) is 3.61. The summed E-state index contributed by atoms with van der Waals surface area (Å²) in [6.07, 6.45) is 0. The zero-order valence-corrected chi connectivity index (χ0v) is 7.71. The van der Waals surface area contributed by atoms with E-state index in [9.17, 15) is 9.59 Å². The Morgan fingerprint density at radius 3 is 1.14 bits per heavy atom. The molecule has 0 saturated heterocycles. The molecule has 0 saturated carbocycles. The van der Waals surface area contributed by atoms with Crippen LogP contribution in [0.5, 0.6) is 0 Å². The first-order chi connectivity index (χ1) is 5.14. The third-order valence-corrected chi connectivity index (χ3v) is 2.36. The van der Waals surface area contributed by atoms with E-state index in [1.54, 1.807) is 20.8 Å². The number of hydrogen-bond donors (Lipinski definition) is 2. The van der Waals surface area contributed by atoms with Crippen LogP contribution in [0.15, 0.2) is 0 Å². The van der Waals surface area contributed by atoms with Crippen LogP contribution in [-0.2, 0) is 9.59 Å². The van der Waals surface area contributed by atoms with Gasteiger partial charge in [-0.05, 0) is 12.3 Å². The third kappa shape index (κ3) is 3.60. The van der Waals surface area contributed by atoms with Gasteiger partial charge in [-0.25, -0.2) is 0 Å². The molecule has 0 amide bonds. The standard InChI is InChI=1S/C8H14O4.Li.Na.2H/c1-7(2,3)8(4,5(9)10)6(11)12;;;;/h1-4H3,(H,9,10)(H,11,12);;;;. The van der Waals surface area contributed by atoms with Crippen molar-refractivity contribution >= 4 is 60.4 Å². The predicted octanol–water partition coefficient (Wildman–Crippen LogP) is -0.0890. The van der Waals surface area contributed by atoms with E-state index in [0.717, 1.165) is 0 Å². The second-order valence-electron chi connectivity index (χ2n) is 3.99. The SMILES string of the molecule is CC(C)(C)C(C)(C(=O)O)C(=O)O.[LiH].[NaH]. The molecular formula is C8H16LiNaO4. The molecule has 0 aliphatic rings. The van der Waals surface area contributed by atoms with E-state index < -0.39 is 22.8 Å². The topological polar surface area (TPSA) is 74.6 Å². The summed E-state index contributed by atoms with van der Waals surface area (Å²) in [6.45, 7) is 6.00. The second kappa shape index (κ2) is 6.19. The molecule has 0 heterocycles. The van der Waals surface area contributed by atoms with Gasteiger partial charge in [0.1, 0.15) is 0 Å². The quantitative estimate of drug-likeness (QED) is 0.489. The van der Waals surface area contributed by atoms with Gasteiger partial charge in [0.05, 0.1) is 0 Å². The van der Waals surface area contributed by atoms with Gasteiger partial charge < -0.3 is 10.2 Å². The number of carboxylic acid groups (broad SMARTS) is 2. The summed E-state index contributed by atoms with van der Waals surface area (Å²) < 4.78 is 0. The van der Waals surface area contributed by atoms with Crippen molar-refractivity contribution in [3.63, 3.8) is 0 Å². The third-order valence-electron chi connectivity index (χ3n) is 2.36. The van der Waals surface area contributed by atoms with Crippen molar-refractivity contribution in [3.05, 3.63) is 0 Å². The molecular weight excluding hydrogens is 190 g/mol. The fraction of sp³-hybridized carbons (Fsp3) is 0.750. The number of carboxylic acids is 2. The van der Waals surface area contributed by atoms with Crippen LogP contribution < -0.4 is 0 Å². The summed E-state index contributed by atoms with van der Waals surface area (Å²) in [5, 5.41) is 17.5. The van der Waals surface area contributed by atoms with Gasteiger partial charge in [0.2, 0.25) is 0 Å². The maximum atomic E-state index is 10.7. The Bertz CT molecular complexity index is 208. The molecule has 0 aromatic heterocycles. The van der Waals surface area contributed by atoms with Gasteiger partial charge in [-0.1, -0.05) is 20.8 Å². The van der Waals surface area contributed by atoms with E-state index >= 15 is 0 Å². The Kier molecular flexibility index (Phi) is 8.85. The minimum absolute atomic E-state index is 0. The van der Waals surface area contributed by atoms with Gasteiger partial charge in [-0.15, -0.1) is 0 Å². The van der Waals surface area contributed by atoms with Crippen LogP contribution >= 0.6 is 0 Å². The van der Waals surface area contributed by atoms with Crippen LogP contribution in [0.1, 0.15) is 27.7 Å². The predicted molar refractivity (Wildman–Crippen MR) is 57.1 cm³/mol. The van der Waals surface area contributed by atoms with Crippen molar-refractivity contribution in [1.29, 1.82) is 0 Å². The zero-order chi connectivity index (χ0) is 10.2. The average molecular weight is 206 g/mol. The second-order valence-corrected chi connectivity index (χ2v) is 3.99. The first kappa shape index (κ1) is 20.0. The first-order valence-electron chi connectivity index (χ1n) is 3.61. The number of aliphatic carboxylic acids is 2. The van der Waals surface area contributed by atoms with Crippen molar-refractivity contribution in [1.82, 2.24) is 0 Å². The molecule has 0 aliphatic heterocycles. The summed E-state index contributed by atoms with van der Waals surface area (Å²) >= 11 is 0. The monoisotopic (exact) mass is 206 g/mol. The summed E-state index contributed by atoms with van der Waals surface area (Å²) in [5.41, 5.74) is -2.53. The van der Waals surface area contributed by atoms with Crippen LogP contribution in [0, 0.1) is 10.8 Å². The molecule has 0 fully saturated rings. The molecule has 0 aliphatic carbocycles. The molecule has 0 radical (unpaired) electrons. The Balaban J connectivity index is -0.000000605. The van der Waals surface area contributed by atoms with Crippen molar-refractivity contribution in [2.24, 2.45) is 10.8 Å². The Morgan fingerprint density at radius 1 is 0.929 bits per heavy atom. The zero-order valence-electron chi connectivity index (χ0n) is 7.71. The summed E-state index contributed by atoms with van der Waals surface area (Å²) in [7, 11) is 0. The molecule has 2 N–H and O–H groups in total. The van der Waals surface area contributed by atoms with E-state index in [4.69, 9.17) is 10.2 Å². The summed E-state index contributed by atoms with van der Waals surface area (Å²) in [5.74, 6) is -2.61. The molecule has 74 valence electrons. The van der Waals surface area contributed by atoms with Gasteiger partial charge in [-0.2, -0.15) is 0 Å². The maximum absolute atomic E-state index is 10.7. The van der Waals surface area contributed by atoms with Gasteiger partial charge in [0.15, 0.2) is 5.41 Å². The van der Waals surface area contributed by atoms with Crippen LogP contribution in [-0.4, -0.2) is 70.6 Å². The molecule has 0 rings (SSSR count). The van der Waals surface area contributed by atoms with E-state index in [0.29, 0.717) is 0 Å². The Morgan fingerprint density at radius 2 is 1.14 bits per heavy atom. The molecule has 0 aromatic carbocycles. The van der Waals surface area contributed by atoms with E-state index in [1.807, 2.05) is 0 Å². The van der Waals surface area contributed by atoms with Crippen LogP contribution in [0.3, 0.4) is 0 Å². The van der Waals surface area contributed by atoms with Gasteiger partial charge in [-0.3, -0.25) is 9.59 Å². The molecule has 0 aromatic rings. The summed E-state index contributed by atoms with van der Waals surface area (Å²) in [4.78, 5) is 21.5. The Labute approximate surface area is 118 Å². The molecule has 0 atom stereocenters. The van der Waals surface area contributed by atoms with E-state index in [2.05, 4.69) is 0 Å². The van der Waals surface area contributed by atoms with Gasteiger partial charge in [0, 0.05) is 0 Å². The van der Waals surface area contributed by atoms with Gasteiger partial charge in [0.25, 0.3) is 0 Å². The molecule has 14 heavy (non-hydrogen) atoms. The van der Waals surface area contributed by atoms with Crippen molar-refractivity contribution < 1.29 is 19.8 Å². The summed E-state index contributed by atoms with van der Waals surface area (Å²) in [6, 6.07) is 0. The van der Waals surface area contributed by atoms with Crippen molar-refractivity contribution in [2.45, 2.75) is 27.7 Å². The fourth-order valence-electron chi connectivity index (χ4n) is 0.733. The normalized spacial score (nSPS) is 10.9. The van der Waals surface area contributed by atoms with Gasteiger partial charge >= 0.3 is 60.4 Å². The van der Waals surface area contributed by atoms with Crippen LogP contribution in [0.2, 0.25) is 0 Å². The number of carbonyl (C=O) groups is 2. The molecule has 6 heteroatoms. The fourth-order valence-corrected chi connectivity index (χ4v) is 0.733. The van der Waals surface area contributed by atoms with E-state index in [-0.39, 0.29) is 48.4 Å². The number of hydrogen-bond acceptors (Lipinski definition) is 2. The average Bonchev–Trinajstić information content (AvgIpc) is 1.82. The molecule has 0 bridgehead atoms. The molecule has 0 unspecified atom stereocenters. The number of rotatable bonds is 2. The van der Waals surface area contributed by atoms with E-state index in [1.165, 1.54) is 6.92 Å². The minimum atomic E-state index is -1.73. The van der Waals surface area contributed by atoms with Crippen LogP contribution in [0.25, 0.3) is 0 Å². The van der Waals surface area contributed by atoms with Crippen molar-refractivity contribution in [2.75, 3.05) is 0 Å². The van der Waals surface area contributed by atoms with Crippen LogP contribution in [0.4, 0.5) is 0 Å². The Hall–Kier alpha value is 0.537. The molecule has 0 spiro atoms. The molecule has 4 nitrogen and oxygen atoms in total. The van der Waals surface area contributed by atoms with Crippen molar-refractivity contribution in [3.8, 4) is 0 Å².